The Kier molecular flexibility index (Phi) is 4.97. The third-order valence-corrected chi connectivity index (χ3v) is 5.08. The van der Waals surface area contributed by atoms with Gasteiger partial charge in [-0.1, -0.05) is 30.3 Å². The molecule has 5 nitrogen and oxygen atoms in total. The molecule has 1 N–H and O–H groups in total. The van der Waals surface area contributed by atoms with E-state index in [4.69, 9.17) is 0 Å². The highest BCUT2D eigenvalue weighted by atomic mass is 32.1. The number of rotatable bonds is 3. The summed E-state index contributed by atoms with van der Waals surface area (Å²) in [4.78, 5) is 28.8. The van der Waals surface area contributed by atoms with Crippen molar-refractivity contribution in [1.29, 1.82) is 0 Å². The monoisotopic (exact) mass is 344 g/mol. The molecule has 1 aromatic carbocycles. The Labute approximate surface area is 145 Å². The van der Waals surface area contributed by atoms with E-state index >= 15 is 0 Å². The van der Waals surface area contributed by atoms with Crippen LogP contribution in [0.2, 0.25) is 0 Å². The van der Waals surface area contributed by atoms with Gasteiger partial charge in [-0.2, -0.15) is 0 Å². The summed E-state index contributed by atoms with van der Waals surface area (Å²) in [6.07, 6.45) is -0.991. The number of thiophene rings is 1. The Hall–Kier alpha value is -2.18. The molecule has 1 aromatic heterocycles. The number of nitrogens with zero attached hydrogens (tertiary/aromatic N) is 2. The number of hydrogen-bond acceptors (Lipinski definition) is 4. The van der Waals surface area contributed by atoms with E-state index in [1.54, 1.807) is 9.80 Å². The molecule has 2 amide bonds. The maximum atomic E-state index is 12.8. The number of aliphatic hydroxyl groups is 1. The van der Waals surface area contributed by atoms with Crippen molar-refractivity contribution in [2.24, 2.45) is 0 Å². The summed E-state index contributed by atoms with van der Waals surface area (Å²) in [6, 6.07) is 11.8. The number of carbonyl (C=O) groups excluding carboxylic acids is 2. The second kappa shape index (κ2) is 7.15. The molecule has 1 aliphatic heterocycles. The first-order valence-corrected chi connectivity index (χ1v) is 8.85. The molecular weight excluding hydrogens is 324 g/mol. The molecule has 1 atom stereocenters. The van der Waals surface area contributed by atoms with Crippen LogP contribution in [0.15, 0.2) is 41.8 Å². The van der Waals surface area contributed by atoms with Crippen LogP contribution in [0.3, 0.4) is 0 Å². The van der Waals surface area contributed by atoms with E-state index in [0.29, 0.717) is 26.2 Å². The minimum Gasteiger partial charge on any atom is -0.384 e. The van der Waals surface area contributed by atoms with Gasteiger partial charge in [0.15, 0.2) is 0 Å². The van der Waals surface area contributed by atoms with Crippen LogP contribution in [0, 0.1) is 0 Å². The predicted molar refractivity (Wildman–Crippen MR) is 93.9 cm³/mol. The molecule has 3 rings (SSSR count). The summed E-state index contributed by atoms with van der Waals surface area (Å²) in [5.74, 6) is -0.267. The summed E-state index contributed by atoms with van der Waals surface area (Å²) >= 11 is 1.45. The lowest BCUT2D eigenvalue weighted by Gasteiger charge is -2.35. The maximum absolute atomic E-state index is 12.8. The van der Waals surface area contributed by atoms with E-state index in [2.05, 4.69) is 0 Å². The zero-order chi connectivity index (χ0) is 17.1. The summed E-state index contributed by atoms with van der Waals surface area (Å²) in [6.45, 7) is 3.37. The minimum atomic E-state index is -0.991. The van der Waals surface area contributed by atoms with Gasteiger partial charge in [-0.25, -0.2) is 0 Å². The third-order valence-electron chi connectivity index (χ3n) is 4.18. The van der Waals surface area contributed by atoms with Crippen LogP contribution < -0.4 is 0 Å². The average molecular weight is 344 g/mol. The quantitative estimate of drug-likeness (QED) is 0.927. The second-order valence-corrected chi connectivity index (χ2v) is 6.74. The topological polar surface area (TPSA) is 60.9 Å². The van der Waals surface area contributed by atoms with Crippen molar-refractivity contribution in [3.05, 3.63) is 46.7 Å². The first-order chi connectivity index (χ1) is 11.6. The SMILES string of the molecule is CC(O)C(=O)N1CCN(C(=O)c2sccc2-c2ccccc2)CC1. The molecular formula is C18H20N2O3S. The Morgan fingerprint density at radius 1 is 1.04 bits per heavy atom. The lowest BCUT2D eigenvalue weighted by molar-refractivity contribution is -0.140. The fourth-order valence-corrected chi connectivity index (χ4v) is 3.74. The molecule has 0 spiro atoms. The highest BCUT2D eigenvalue weighted by Gasteiger charge is 2.28. The van der Waals surface area contributed by atoms with E-state index in [9.17, 15) is 14.7 Å². The Morgan fingerprint density at radius 3 is 2.29 bits per heavy atom. The number of aliphatic hydroxyl groups excluding tert-OH is 1. The third kappa shape index (κ3) is 3.34. The van der Waals surface area contributed by atoms with Crippen LogP contribution in [-0.4, -0.2) is 59.0 Å². The molecule has 1 unspecified atom stereocenters. The minimum absolute atomic E-state index is 0.00741. The van der Waals surface area contributed by atoms with Crippen LogP contribution in [0.25, 0.3) is 11.1 Å². The highest BCUT2D eigenvalue weighted by molar-refractivity contribution is 7.12. The van der Waals surface area contributed by atoms with Crippen LogP contribution in [0.5, 0.6) is 0 Å². The fraction of sp³-hybridized carbons (Fsp3) is 0.333. The molecule has 126 valence electrons. The van der Waals surface area contributed by atoms with Crippen molar-refractivity contribution in [3.63, 3.8) is 0 Å². The molecule has 1 aliphatic rings. The molecule has 0 aliphatic carbocycles. The van der Waals surface area contributed by atoms with Gasteiger partial charge in [-0.05, 0) is 23.9 Å². The molecule has 2 aromatic rings. The van der Waals surface area contributed by atoms with Crippen molar-refractivity contribution in [2.75, 3.05) is 26.2 Å². The van der Waals surface area contributed by atoms with Gasteiger partial charge in [0.25, 0.3) is 11.8 Å². The van der Waals surface area contributed by atoms with Gasteiger partial charge in [0.2, 0.25) is 0 Å². The van der Waals surface area contributed by atoms with Gasteiger partial charge >= 0.3 is 0 Å². The first-order valence-electron chi connectivity index (χ1n) is 7.97. The van der Waals surface area contributed by atoms with Crippen LogP contribution in [0.1, 0.15) is 16.6 Å². The van der Waals surface area contributed by atoms with E-state index < -0.39 is 6.10 Å². The summed E-state index contributed by atoms with van der Waals surface area (Å²) in [5, 5.41) is 11.3. The Bertz CT molecular complexity index is 719. The summed E-state index contributed by atoms with van der Waals surface area (Å²) < 4.78 is 0. The molecule has 0 radical (unpaired) electrons. The normalized spacial score (nSPS) is 16.1. The molecule has 1 fully saturated rings. The second-order valence-electron chi connectivity index (χ2n) is 5.82. The first kappa shape index (κ1) is 16.7. The molecule has 1 saturated heterocycles. The van der Waals surface area contributed by atoms with Crippen molar-refractivity contribution >= 4 is 23.2 Å². The Balaban J connectivity index is 1.71. The average Bonchev–Trinajstić information content (AvgIpc) is 3.11. The molecule has 6 heteroatoms. The van der Waals surface area contributed by atoms with E-state index in [1.807, 2.05) is 41.8 Å². The van der Waals surface area contributed by atoms with Crippen molar-refractivity contribution in [3.8, 4) is 11.1 Å². The summed E-state index contributed by atoms with van der Waals surface area (Å²) in [7, 11) is 0. The smallest absolute Gasteiger partial charge is 0.264 e. The zero-order valence-electron chi connectivity index (χ0n) is 13.5. The maximum Gasteiger partial charge on any atom is 0.264 e. The van der Waals surface area contributed by atoms with E-state index in [-0.39, 0.29) is 11.8 Å². The van der Waals surface area contributed by atoms with Crippen molar-refractivity contribution in [2.45, 2.75) is 13.0 Å². The molecule has 0 bridgehead atoms. The lowest BCUT2D eigenvalue weighted by atomic mass is 10.1. The van der Waals surface area contributed by atoms with Crippen LogP contribution >= 0.6 is 11.3 Å². The zero-order valence-corrected chi connectivity index (χ0v) is 14.3. The largest absolute Gasteiger partial charge is 0.384 e. The van der Waals surface area contributed by atoms with Gasteiger partial charge in [0.05, 0.1) is 4.88 Å². The van der Waals surface area contributed by atoms with E-state index in [1.165, 1.54) is 18.3 Å². The summed E-state index contributed by atoms with van der Waals surface area (Å²) in [5.41, 5.74) is 1.98. The number of benzene rings is 1. The van der Waals surface area contributed by atoms with Crippen LogP contribution in [-0.2, 0) is 4.79 Å². The number of hydrogen-bond donors (Lipinski definition) is 1. The number of amides is 2. The highest BCUT2D eigenvalue weighted by Crippen LogP contribution is 2.29. The Morgan fingerprint density at radius 2 is 1.67 bits per heavy atom. The van der Waals surface area contributed by atoms with Gasteiger partial charge < -0.3 is 14.9 Å². The standard InChI is InChI=1S/C18H20N2O3S/c1-13(21)17(22)19-8-10-20(11-9-19)18(23)16-15(7-12-24-16)14-5-3-2-4-6-14/h2-7,12-13,21H,8-11H2,1H3. The molecule has 2 heterocycles. The van der Waals surface area contributed by atoms with Crippen molar-refractivity contribution in [1.82, 2.24) is 9.80 Å². The number of piperazine rings is 1. The van der Waals surface area contributed by atoms with Gasteiger partial charge in [-0.15, -0.1) is 11.3 Å². The predicted octanol–water partition coefficient (Wildman–Crippen LogP) is 2.08. The lowest BCUT2D eigenvalue weighted by Crippen LogP contribution is -2.52. The van der Waals surface area contributed by atoms with Crippen molar-refractivity contribution < 1.29 is 14.7 Å². The van der Waals surface area contributed by atoms with Gasteiger partial charge in [-0.3, -0.25) is 9.59 Å². The number of carbonyl (C=O) groups is 2. The van der Waals surface area contributed by atoms with Crippen LogP contribution in [0.4, 0.5) is 0 Å². The molecule has 0 saturated carbocycles. The fourth-order valence-electron chi connectivity index (χ4n) is 2.86. The van der Waals surface area contributed by atoms with Gasteiger partial charge in [0.1, 0.15) is 6.10 Å². The van der Waals surface area contributed by atoms with E-state index in [0.717, 1.165) is 16.0 Å². The molecule has 24 heavy (non-hydrogen) atoms. The van der Waals surface area contributed by atoms with Gasteiger partial charge in [0, 0.05) is 31.7 Å².